The summed E-state index contributed by atoms with van der Waals surface area (Å²) in [7, 11) is 0. The van der Waals surface area contributed by atoms with Crippen LogP contribution in [0.1, 0.15) is 6.92 Å². The largest absolute Gasteiger partial charge is 0.475 e. The molecule has 0 saturated carbocycles. The Morgan fingerprint density at radius 3 is 2.72 bits per heavy atom. The molecule has 0 spiro atoms. The van der Waals surface area contributed by atoms with Gasteiger partial charge in [0.25, 0.3) is 0 Å². The van der Waals surface area contributed by atoms with Gasteiger partial charge in [-0.25, -0.2) is 9.97 Å². The summed E-state index contributed by atoms with van der Waals surface area (Å²) in [5, 5.41) is 3.36. The van der Waals surface area contributed by atoms with E-state index in [0.29, 0.717) is 5.65 Å². The number of benzene rings is 1. The van der Waals surface area contributed by atoms with Gasteiger partial charge in [-0.3, -0.25) is 4.90 Å². The number of halogens is 1. The van der Waals surface area contributed by atoms with Crippen LogP contribution in [0.15, 0.2) is 41.0 Å². The van der Waals surface area contributed by atoms with Gasteiger partial charge in [-0.1, -0.05) is 0 Å². The van der Waals surface area contributed by atoms with Crippen molar-refractivity contribution in [1.29, 1.82) is 0 Å². The third kappa shape index (κ3) is 3.68. The lowest BCUT2D eigenvalue weighted by Gasteiger charge is -2.32. The predicted octanol–water partition coefficient (Wildman–Crippen LogP) is 3.02. The molecule has 25 heavy (non-hydrogen) atoms. The Morgan fingerprint density at radius 1 is 1.20 bits per heavy atom. The molecule has 130 valence electrons. The maximum absolute atomic E-state index is 6.07. The fourth-order valence-corrected chi connectivity index (χ4v) is 3.35. The molecule has 1 fully saturated rings. The Labute approximate surface area is 154 Å². The average Bonchev–Trinajstić information content (AvgIpc) is 3.06. The first-order valence-electron chi connectivity index (χ1n) is 8.42. The molecule has 1 unspecified atom stereocenters. The molecule has 1 atom stereocenters. The summed E-state index contributed by atoms with van der Waals surface area (Å²) in [5.41, 5.74) is 2.64. The van der Waals surface area contributed by atoms with Crippen LogP contribution in [0, 0.1) is 0 Å². The van der Waals surface area contributed by atoms with E-state index in [0.717, 1.165) is 53.3 Å². The van der Waals surface area contributed by atoms with Gasteiger partial charge in [0.2, 0.25) is 0 Å². The second kappa shape index (κ2) is 7.11. The van der Waals surface area contributed by atoms with Crippen molar-refractivity contribution < 1.29 is 4.74 Å². The quantitative estimate of drug-likeness (QED) is 0.703. The number of nitrogens with one attached hydrogen (secondary N) is 2. The molecule has 1 aliphatic rings. The number of hydrogen-bond donors (Lipinski definition) is 2. The first-order chi connectivity index (χ1) is 12.2. The SMILES string of the molecule is CC(Oc1ccc(-c2nc3ncc(Br)cc3[nH]2)cc1)N1CCNCC1. The summed E-state index contributed by atoms with van der Waals surface area (Å²) >= 11 is 3.43. The van der Waals surface area contributed by atoms with E-state index in [9.17, 15) is 0 Å². The molecule has 0 radical (unpaired) electrons. The number of hydrogen-bond acceptors (Lipinski definition) is 5. The fourth-order valence-electron chi connectivity index (χ4n) is 3.02. The van der Waals surface area contributed by atoms with Gasteiger partial charge in [0, 0.05) is 42.4 Å². The topological polar surface area (TPSA) is 66.1 Å². The molecular formula is C18H20BrN5O. The molecule has 2 aromatic heterocycles. The minimum atomic E-state index is 0.0701. The highest BCUT2D eigenvalue weighted by atomic mass is 79.9. The zero-order valence-electron chi connectivity index (χ0n) is 14.0. The van der Waals surface area contributed by atoms with Crippen molar-refractivity contribution in [2.75, 3.05) is 26.2 Å². The fraction of sp³-hybridized carbons (Fsp3) is 0.333. The van der Waals surface area contributed by atoms with Gasteiger partial charge < -0.3 is 15.0 Å². The molecule has 1 aliphatic heterocycles. The molecule has 1 aromatic carbocycles. The standard InChI is InChI=1S/C18H20BrN5O/c1-12(24-8-6-20-7-9-24)25-15-4-2-13(3-5-15)17-22-16-10-14(19)11-21-18(16)23-17/h2-5,10-12,20H,6-9H2,1H3,(H,21,22,23). The highest BCUT2D eigenvalue weighted by Crippen LogP contribution is 2.24. The van der Waals surface area contributed by atoms with Gasteiger partial charge in [0.1, 0.15) is 17.8 Å². The second-order valence-electron chi connectivity index (χ2n) is 6.14. The molecule has 4 rings (SSSR count). The van der Waals surface area contributed by atoms with Gasteiger partial charge in [-0.05, 0) is 53.2 Å². The van der Waals surface area contributed by atoms with Crippen LogP contribution in [-0.4, -0.2) is 52.3 Å². The molecule has 3 heterocycles. The Balaban J connectivity index is 1.48. The summed E-state index contributed by atoms with van der Waals surface area (Å²) in [6, 6.07) is 10.00. The summed E-state index contributed by atoms with van der Waals surface area (Å²) < 4.78 is 7.00. The van der Waals surface area contributed by atoms with Crippen molar-refractivity contribution in [2.45, 2.75) is 13.2 Å². The number of piperazine rings is 1. The van der Waals surface area contributed by atoms with E-state index in [-0.39, 0.29) is 6.23 Å². The van der Waals surface area contributed by atoms with Crippen LogP contribution in [0.3, 0.4) is 0 Å². The van der Waals surface area contributed by atoms with Crippen molar-refractivity contribution in [3.05, 3.63) is 41.0 Å². The van der Waals surface area contributed by atoms with Crippen LogP contribution >= 0.6 is 15.9 Å². The number of fused-ring (bicyclic) bond motifs is 1. The van der Waals surface area contributed by atoms with Crippen LogP contribution in [0.25, 0.3) is 22.6 Å². The third-order valence-corrected chi connectivity index (χ3v) is 4.84. The van der Waals surface area contributed by atoms with Gasteiger partial charge >= 0.3 is 0 Å². The van der Waals surface area contributed by atoms with E-state index in [4.69, 9.17) is 4.74 Å². The van der Waals surface area contributed by atoms with Gasteiger partial charge in [0.15, 0.2) is 5.65 Å². The Kier molecular flexibility index (Phi) is 4.70. The predicted molar refractivity (Wildman–Crippen MR) is 102 cm³/mol. The second-order valence-corrected chi connectivity index (χ2v) is 7.05. The van der Waals surface area contributed by atoms with E-state index in [1.807, 2.05) is 30.3 Å². The van der Waals surface area contributed by atoms with Gasteiger partial charge in [-0.2, -0.15) is 0 Å². The maximum atomic E-state index is 6.07. The number of H-pyrrole nitrogens is 1. The lowest BCUT2D eigenvalue weighted by Crippen LogP contribution is -2.49. The Bertz CT molecular complexity index is 858. The molecular weight excluding hydrogens is 382 g/mol. The maximum Gasteiger partial charge on any atom is 0.178 e. The average molecular weight is 402 g/mol. The van der Waals surface area contributed by atoms with Crippen molar-refractivity contribution in [1.82, 2.24) is 25.2 Å². The molecule has 7 heteroatoms. The van der Waals surface area contributed by atoms with Crippen molar-refractivity contribution in [3.63, 3.8) is 0 Å². The number of nitrogens with zero attached hydrogens (tertiary/aromatic N) is 3. The summed E-state index contributed by atoms with van der Waals surface area (Å²) in [6.07, 6.45) is 1.82. The minimum absolute atomic E-state index is 0.0701. The normalized spacial score (nSPS) is 16.9. The van der Waals surface area contributed by atoms with E-state index in [1.165, 1.54) is 0 Å². The van der Waals surface area contributed by atoms with E-state index < -0.39 is 0 Å². The first kappa shape index (κ1) is 16.5. The number of ether oxygens (including phenoxy) is 1. The lowest BCUT2D eigenvalue weighted by molar-refractivity contribution is 0.0311. The lowest BCUT2D eigenvalue weighted by atomic mass is 10.2. The number of pyridine rings is 1. The molecule has 2 N–H and O–H groups in total. The molecule has 0 bridgehead atoms. The first-order valence-corrected chi connectivity index (χ1v) is 9.21. The Morgan fingerprint density at radius 2 is 1.96 bits per heavy atom. The molecule has 6 nitrogen and oxygen atoms in total. The van der Waals surface area contributed by atoms with Crippen LogP contribution in [0.4, 0.5) is 0 Å². The number of imidazole rings is 1. The molecule has 0 aliphatic carbocycles. The van der Waals surface area contributed by atoms with Crippen molar-refractivity contribution in [3.8, 4) is 17.1 Å². The summed E-state index contributed by atoms with van der Waals surface area (Å²) in [5.74, 6) is 1.68. The van der Waals surface area contributed by atoms with Crippen LogP contribution in [0.2, 0.25) is 0 Å². The molecule has 0 amide bonds. The zero-order valence-corrected chi connectivity index (χ0v) is 15.6. The van der Waals surface area contributed by atoms with E-state index in [2.05, 4.69) is 48.0 Å². The Hall–Kier alpha value is -1.96. The zero-order chi connectivity index (χ0) is 17.2. The molecule has 3 aromatic rings. The number of aromatic nitrogens is 3. The summed E-state index contributed by atoms with van der Waals surface area (Å²) in [4.78, 5) is 14.5. The van der Waals surface area contributed by atoms with Crippen LogP contribution in [0.5, 0.6) is 5.75 Å². The smallest absolute Gasteiger partial charge is 0.178 e. The molecule has 1 saturated heterocycles. The highest BCUT2D eigenvalue weighted by Gasteiger charge is 2.17. The third-order valence-electron chi connectivity index (χ3n) is 4.40. The van der Waals surface area contributed by atoms with Gasteiger partial charge in [0.05, 0.1) is 5.52 Å². The number of rotatable bonds is 4. The highest BCUT2D eigenvalue weighted by molar-refractivity contribution is 9.10. The van der Waals surface area contributed by atoms with Crippen LogP contribution in [-0.2, 0) is 0 Å². The van der Waals surface area contributed by atoms with E-state index in [1.54, 1.807) is 6.20 Å². The van der Waals surface area contributed by atoms with Crippen molar-refractivity contribution in [2.24, 2.45) is 0 Å². The number of aromatic amines is 1. The van der Waals surface area contributed by atoms with Crippen LogP contribution < -0.4 is 10.1 Å². The van der Waals surface area contributed by atoms with Gasteiger partial charge in [-0.15, -0.1) is 0 Å². The monoisotopic (exact) mass is 401 g/mol. The summed E-state index contributed by atoms with van der Waals surface area (Å²) in [6.45, 7) is 6.16. The minimum Gasteiger partial charge on any atom is -0.475 e. The van der Waals surface area contributed by atoms with E-state index >= 15 is 0 Å². The van der Waals surface area contributed by atoms with Crippen molar-refractivity contribution >= 4 is 27.1 Å².